The summed E-state index contributed by atoms with van der Waals surface area (Å²) < 4.78 is 5.37. The van der Waals surface area contributed by atoms with E-state index in [0.29, 0.717) is 24.2 Å². The number of fused-ring (bicyclic) bond motifs is 1. The van der Waals surface area contributed by atoms with Crippen LogP contribution in [-0.4, -0.2) is 46.7 Å². The van der Waals surface area contributed by atoms with Crippen LogP contribution in [0.15, 0.2) is 72.8 Å². The van der Waals surface area contributed by atoms with Crippen LogP contribution in [0.2, 0.25) is 0 Å². The minimum Gasteiger partial charge on any atom is -0.444 e. The molecule has 0 heterocycles. The van der Waals surface area contributed by atoms with Gasteiger partial charge in [-0.3, -0.25) is 9.59 Å². The molecule has 7 nitrogen and oxygen atoms in total. The number of amides is 3. The number of unbranched alkanes of at least 4 members (excludes halogenated alkanes) is 2. The molecular weight excluding hydrogens is 510 g/mol. The molecule has 208 valence electrons. The van der Waals surface area contributed by atoms with Crippen molar-refractivity contribution in [3.63, 3.8) is 0 Å². The Labute approximate surface area is 236 Å². The van der Waals surface area contributed by atoms with Crippen molar-refractivity contribution in [1.29, 1.82) is 0 Å². The summed E-state index contributed by atoms with van der Waals surface area (Å²) in [6, 6.07) is 21.0. The van der Waals surface area contributed by atoms with E-state index in [1.807, 2.05) is 72.8 Å². The Morgan fingerprint density at radius 1 is 0.923 bits per heavy atom. The number of hydrogen-bond donors (Lipinski definition) is 3. The van der Waals surface area contributed by atoms with E-state index in [1.54, 1.807) is 25.7 Å². The standard InChI is InChI=1S/C31H39N3O4S/c1-5-6-12-19-34(29(36)26(21-39)33-30(37)38-31(2,3)4)27(23-14-8-7-9-15-23)28(35)32-25-18-17-22-13-10-11-16-24(22)20-25/h7-11,13-18,20,26-27,39H,5-6,12,19,21H2,1-4H3,(H,32,35)(H,33,37). The van der Waals surface area contributed by atoms with Gasteiger partial charge in [0.15, 0.2) is 0 Å². The number of ether oxygens (including phenoxy) is 1. The van der Waals surface area contributed by atoms with Crippen molar-refractivity contribution in [2.45, 2.75) is 64.6 Å². The van der Waals surface area contributed by atoms with Crippen molar-refractivity contribution in [2.75, 3.05) is 17.6 Å². The van der Waals surface area contributed by atoms with Gasteiger partial charge in [0.05, 0.1) is 0 Å². The lowest BCUT2D eigenvalue weighted by Crippen LogP contribution is -2.53. The number of anilines is 1. The highest BCUT2D eigenvalue weighted by atomic mass is 32.1. The van der Waals surface area contributed by atoms with Gasteiger partial charge >= 0.3 is 6.09 Å². The Hall–Kier alpha value is -3.52. The Balaban J connectivity index is 1.95. The molecule has 2 N–H and O–H groups in total. The maximum absolute atomic E-state index is 13.9. The third-order valence-electron chi connectivity index (χ3n) is 6.15. The molecule has 0 bridgehead atoms. The van der Waals surface area contributed by atoms with E-state index in [1.165, 1.54) is 0 Å². The molecule has 2 unspecified atom stereocenters. The SMILES string of the molecule is CCCCCN(C(=O)C(CS)NC(=O)OC(C)(C)C)C(C(=O)Nc1ccc2ccccc2c1)c1ccccc1. The van der Waals surface area contributed by atoms with Crippen LogP contribution >= 0.6 is 12.6 Å². The second-order valence-corrected chi connectivity index (χ2v) is 10.8. The van der Waals surface area contributed by atoms with Crippen LogP contribution in [0.1, 0.15) is 58.6 Å². The van der Waals surface area contributed by atoms with Gasteiger partial charge in [-0.25, -0.2) is 4.79 Å². The van der Waals surface area contributed by atoms with Gasteiger partial charge in [0.25, 0.3) is 5.91 Å². The van der Waals surface area contributed by atoms with Gasteiger partial charge < -0.3 is 20.3 Å². The molecule has 0 saturated carbocycles. The molecule has 39 heavy (non-hydrogen) atoms. The monoisotopic (exact) mass is 549 g/mol. The molecule has 0 saturated heterocycles. The average Bonchev–Trinajstić information content (AvgIpc) is 2.90. The maximum atomic E-state index is 13.9. The average molecular weight is 550 g/mol. The number of hydrogen-bond acceptors (Lipinski definition) is 5. The molecule has 0 aliphatic carbocycles. The first-order valence-electron chi connectivity index (χ1n) is 13.4. The smallest absolute Gasteiger partial charge is 0.408 e. The van der Waals surface area contributed by atoms with E-state index < -0.39 is 29.7 Å². The second kappa shape index (κ2) is 14.0. The quantitative estimate of drug-likeness (QED) is 0.192. The van der Waals surface area contributed by atoms with Crippen molar-refractivity contribution in [3.05, 3.63) is 78.4 Å². The van der Waals surface area contributed by atoms with Crippen LogP contribution in [0.25, 0.3) is 10.8 Å². The lowest BCUT2D eigenvalue weighted by atomic mass is 10.0. The van der Waals surface area contributed by atoms with Crippen molar-refractivity contribution in [1.82, 2.24) is 10.2 Å². The summed E-state index contributed by atoms with van der Waals surface area (Å²) in [4.78, 5) is 41.9. The summed E-state index contributed by atoms with van der Waals surface area (Å²) in [7, 11) is 0. The van der Waals surface area contributed by atoms with Crippen LogP contribution < -0.4 is 10.6 Å². The first-order chi connectivity index (χ1) is 18.6. The number of carbonyl (C=O) groups is 3. The molecule has 8 heteroatoms. The normalized spacial score (nSPS) is 12.8. The molecule has 0 aliphatic heterocycles. The Bertz CT molecular complexity index is 1260. The maximum Gasteiger partial charge on any atom is 0.408 e. The Kier molecular flexibility index (Phi) is 10.8. The van der Waals surface area contributed by atoms with Gasteiger partial charge in [0.2, 0.25) is 5.91 Å². The molecular formula is C31H39N3O4S. The van der Waals surface area contributed by atoms with E-state index in [9.17, 15) is 14.4 Å². The van der Waals surface area contributed by atoms with E-state index in [4.69, 9.17) is 4.74 Å². The zero-order valence-corrected chi connectivity index (χ0v) is 24.0. The van der Waals surface area contributed by atoms with E-state index in [2.05, 4.69) is 30.2 Å². The molecule has 3 amide bonds. The number of nitrogens with zero attached hydrogens (tertiary/aromatic N) is 1. The van der Waals surface area contributed by atoms with E-state index in [-0.39, 0.29) is 11.7 Å². The minimum atomic E-state index is -0.968. The molecule has 0 aromatic heterocycles. The first kappa shape index (κ1) is 30.0. The van der Waals surface area contributed by atoms with Gasteiger partial charge in [-0.05, 0) is 55.7 Å². The Morgan fingerprint density at radius 2 is 1.59 bits per heavy atom. The fourth-order valence-corrected chi connectivity index (χ4v) is 4.57. The number of nitrogens with one attached hydrogen (secondary N) is 2. The highest BCUT2D eigenvalue weighted by molar-refractivity contribution is 7.80. The number of thiol groups is 1. The zero-order chi connectivity index (χ0) is 28.4. The third kappa shape index (κ3) is 8.75. The largest absolute Gasteiger partial charge is 0.444 e. The second-order valence-electron chi connectivity index (χ2n) is 10.5. The van der Waals surface area contributed by atoms with Gasteiger partial charge in [0, 0.05) is 18.0 Å². The number of carbonyl (C=O) groups excluding carboxylic acids is 3. The fourth-order valence-electron chi connectivity index (χ4n) is 4.32. The summed E-state index contributed by atoms with van der Waals surface area (Å²) in [6.07, 6.45) is 1.84. The molecule has 0 spiro atoms. The van der Waals surface area contributed by atoms with Crippen LogP contribution in [0.5, 0.6) is 0 Å². The summed E-state index contributed by atoms with van der Waals surface area (Å²) in [5.41, 5.74) is 0.593. The molecule has 3 aromatic carbocycles. The first-order valence-corrected chi connectivity index (χ1v) is 14.0. The lowest BCUT2D eigenvalue weighted by Gasteiger charge is -2.34. The summed E-state index contributed by atoms with van der Waals surface area (Å²) in [5.74, 6) is -0.679. The topological polar surface area (TPSA) is 87.7 Å². The van der Waals surface area contributed by atoms with Gasteiger partial charge in [-0.15, -0.1) is 0 Å². The van der Waals surface area contributed by atoms with E-state index in [0.717, 1.165) is 23.6 Å². The van der Waals surface area contributed by atoms with Gasteiger partial charge in [-0.2, -0.15) is 12.6 Å². The highest BCUT2D eigenvalue weighted by Gasteiger charge is 2.35. The molecule has 3 rings (SSSR count). The number of benzene rings is 3. The third-order valence-corrected chi connectivity index (χ3v) is 6.51. The van der Waals surface area contributed by atoms with Crippen LogP contribution in [-0.2, 0) is 14.3 Å². The molecule has 0 fully saturated rings. The van der Waals surface area contributed by atoms with Crippen molar-refractivity contribution < 1.29 is 19.1 Å². The van der Waals surface area contributed by atoms with Gasteiger partial charge in [-0.1, -0.05) is 80.4 Å². The summed E-state index contributed by atoms with van der Waals surface area (Å²) >= 11 is 4.35. The van der Waals surface area contributed by atoms with Crippen molar-refractivity contribution in [3.8, 4) is 0 Å². The molecule has 0 aliphatic rings. The fraction of sp³-hybridized carbons (Fsp3) is 0.387. The summed E-state index contributed by atoms with van der Waals surface area (Å²) in [6.45, 7) is 7.68. The minimum absolute atomic E-state index is 0.0517. The predicted octanol–water partition coefficient (Wildman–Crippen LogP) is 6.36. The molecule has 2 atom stereocenters. The summed E-state index contributed by atoms with van der Waals surface area (Å²) in [5, 5.41) is 7.74. The highest BCUT2D eigenvalue weighted by Crippen LogP contribution is 2.26. The zero-order valence-electron chi connectivity index (χ0n) is 23.1. The predicted molar refractivity (Wildman–Crippen MR) is 160 cm³/mol. The van der Waals surface area contributed by atoms with Crippen LogP contribution in [0.3, 0.4) is 0 Å². The Morgan fingerprint density at radius 3 is 2.23 bits per heavy atom. The van der Waals surface area contributed by atoms with E-state index >= 15 is 0 Å². The van der Waals surface area contributed by atoms with Crippen LogP contribution in [0, 0.1) is 0 Å². The van der Waals surface area contributed by atoms with Gasteiger partial charge in [0.1, 0.15) is 17.7 Å². The van der Waals surface area contributed by atoms with Crippen molar-refractivity contribution >= 4 is 47.0 Å². The molecule has 3 aromatic rings. The lowest BCUT2D eigenvalue weighted by molar-refractivity contribution is -0.140. The van der Waals surface area contributed by atoms with Crippen molar-refractivity contribution in [2.24, 2.45) is 0 Å². The number of alkyl carbamates (subject to hydrolysis) is 1. The van der Waals surface area contributed by atoms with Crippen LogP contribution in [0.4, 0.5) is 10.5 Å². The number of rotatable bonds is 11. The molecule has 0 radical (unpaired) electrons.